The maximum absolute atomic E-state index is 5.31. The monoisotopic (exact) mass is 375 g/mol. The summed E-state index contributed by atoms with van der Waals surface area (Å²) in [4.78, 5) is 0. The van der Waals surface area contributed by atoms with Crippen LogP contribution in [0.15, 0.2) is 52.0 Å². The van der Waals surface area contributed by atoms with Crippen molar-refractivity contribution in [3.8, 4) is 0 Å². The van der Waals surface area contributed by atoms with Crippen molar-refractivity contribution in [2.75, 3.05) is 5.32 Å². The molecule has 0 aromatic heterocycles. The number of para-hydroxylation sites is 1. The van der Waals surface area contributed by atoms with Crippen LogP contribution in [0.4, 0.5) is 5.69 Å². The zero-order chi connectivity index (χ0) is 16.1. The van der Waals surface area contributed by atoms with Gasteiger partial charge in [0.15, 0.2) is 5.11 Å². The molecule has 3 nitrogen and oxygen atoms in total. The molecule has 0 aliphatic rings. The number of thiocarbonyl (C=S) groups is 1. The molecule has 0 unspecified atom stereocenters. The van der Waals surface area contributed by atoms with Crippen molar-refractivity contribution in [3.63, 3.8) is 0 Å². The normalized spacial score (nSPS) is 11.2. The van der Waals surface area contributed by atoms with E-state index in [0.717, 1.165) is 32.6 Å². The Balaban J connectivity index is 2.05. The molecule has 0 saturated heterocycles. The van der Waals surface area contributed by atoms with Gasteiger partial charge in [-0.2, -0.15) is 5.10 Å². The lowest BCUT2D eigenvalue weighted by Gasteiger charge is -2.13. The summed E-state index contributed by atoms with van der Waals surface area (Å²) in [5.74, 6) is 0. The van der Waals surface area contributed by atoms with Gasteiger partial charge >= 0.3 is 0 Å². The van der Waals surface area contributed by atoms with Gasteiger partial charge in [0.25, 0.3) is 0 Å². The maximum Gasteiger partial charge on any atom is 0.191 e. The summed E-state index contributed by atoms with van der Waals surface area (Å²) in [7, 11) is 0. The number of hydrogen-bond acceptors (Lipinski definition) is 2. The molecule has 0 bridgehead atoms. The van der Waals surface area contributed by atoms with E-state index < -0.39 is 0 Å². The van der Waals surface area contributed by atoms with Gasteiger partial charge in [-0.15, -0.1) is 0 Å². The Morgan fingerprint density at radius 1 is 1.09 bits per heavy atom. The van der Waals surface area contributed by atoms with Gasteiger partial charge in [-0.05, 0) is 61.8 Å². The summed E-state index contributed by atoms with van der Waals surface area (Å²) in [6.45, 7) is 6.04. The van der Waals surface area contributed by atoms with E-state index in [1.807, 2.05) is 63.2 Å². The summed E-state index contributed by atoms with van der Waals surface area (Å²) in [5.41, 5.74) is 8.13. The van der Waals surface area contributed by atoms with Crippen molar-refractivity contribution in [1.82, 2.24) is 5.43 Å². The molecular formula is C17H18BrN3S. The molecule has 0 aliphatic carbocycles. The molecule has 22 heavy (non-hydrogen) atoms. The summed E-state index contributed by atoms with van der Waals surface area (Å²) < 4.78 is 1.02. The lowest BCUT2D eigenvalue weighted by Crippen LogP contribution is -2.25. The molecule has 0 aliphatic heterocycles. The highest BCUT2D eigenvalue weighted by molar-refractivity contribution is 9.10. The van der Waals surface area contributed by atoms with Gasteiger partial charge < -0.3 is 5.32 Å². The Labute approximate surface area is 145 Å². The number of halogens is 1. The van der Waals surface area contributed by atoms with Gasteiger partial charge in [-0.1, -0.05) is 46.3 Å². The molecule has 2 aromatic rings. The fourth-order valence-electron chi connectivity index (χ4n) is 2.07. The Bertz CT molecular complexity index is 705. The second kappa shape index (κ2) is 7.51. The molecule has 0 atom stereocenters. The highest BCUT2D eigenvalue weighted by Gasteiger charge is 2.04. The molecular weight excluding hydrogens is 358 g/mol. The number of nitrogens with one attached hydrogen (secondary N) is 2. The van der Waals surface area contributed by atoms with Crippen LogP contribution in [0.3, 0.4) is 0 Å². The molecule has 0 saturated carbocycles. The zero-order valence-electron chi connectivity index (χ0n) is 12.8. The SMILES string of the molecule is C/C(=N/NC(=S)Nc1c(C)cccc1C)c1cccc(Br)c1. The quantitative estimate of drug-likeness (QED) is 0.460. The first kappa shape index (κ1) is 16.6. The maximum atomic E-state index is 5.31. The first-order chi connectivity index (χ1) is 10.5. The van der Waals surface area contributed by atoms with Crippen LogP contribution in [-0.4, -0.2) is 10.8 Å². The van der Waals surface area contributed by atoms with Gasteiger partial charge in [0.1, 0.15) is 0 Å². The second-order valence-electron chi connectivity index (χ2n) is 5.04. The average molecular weight is 376 g/mol. The Kier molecular flexibility index (Phi) is 5.69. The van der Waals surface area contributed by atoms with Gasteiger partial charge in [0.05, 0.1) is 5.71 Å². The molecule has 5 heteroatoms. The molecule has 2 aromatic carbocycles. The number of hydrogen-bond donors (Lipinski definition) is 2. The third-order valence-corrected chi connectivity index (χ3v) is 3.97. The van der Waals surface area contributed by atoms with Crippen LogP contribution in [0.5, 0.6) is 0 Å². The van der Waals surface area contributed by atoms with Gasteiger partial charge in [-0.25, -0.2) is 0 Å². The fraction of sp³-hybridized carbons (Fsp3) is 0.176. The van der Waals surface area contributed by atoms with E-state index >= 15 is 0 Å². The smallest absolute Gasteiger partial charge is 0.191 e. The lowest BCUT2D eigenvalue weighted by atomic mass is 10.1. The van der Waals surface area contributed by atoms with Gasteiger partial charge in [-0.3, -0.25) is 5.43 Å². The van der Waals surface area contributed by atoms with E-state index in [1.54, 1.807) is 0 Å². The van der Waals surface area contributed by atoms with Gasteiger partial charge in [0, 0.05) is 10.2 Å². The van der Waals surface area contributed by atoms with Crippen LogP contribution in [-0.2, 0) is 0 Å². The van der Waals surface area contributed by atoms with E-state index in [1.165, 1.54) is 0 Å². The number of rotatable bonds is 3. The summed E-state index contributed by atoms with van der Waals surface area (Å²) in [6, 6.07) is 14.1. The Hall–Kier alpha value is -1.72. The standard InChI is InChI=1S/C17H18BrN3S/c1-11-6-4-7-12(2)16(11)19-17(22)21-20-13(3)14-8-5-9-15(18)10-14/h4-10H,1-3H3,(H2,19,21,22)/b20-13-. The molecule has 0 heterocycles. The predicted molar refractivity (Wildman–Crippen MR) is 102 cm³/mol. The Morgan fingerprint density at radius 2 is 1.73 bits per heavy atom. The molecule has 0 radical (unpaired) electrons. The van der Waals surface area contributed by atoms with Crippen molar-refractivity contribution >= 4 is 44.7 Å². The van der Waals surface area contributed by atoms with Crippen LogP contribution in [0.1, 0.15) is 23.6 Å². The first-order valence-electron chi connectivity index (χ1n) is 6.91. The fourth-order valence-corrected chi connectivity index (χ4v) is 2.61. The predicted octanol–water partition coefficient (Wildman–Crippen LogP) is 4.78. The topological polar surface area (TPSA) is 36.4 Å². The van der Waals surface area contributed by atoms with Crippen LogP contribution in [0.25, 0.3) is 0 Å². The van der Waals surface area contributed by atoms with Crippen LogP contribution < -0.4 is 10.7 Å². The van der Waals surface area contributed by atoms with Crippen molar-refractivity contribution in [1.29, 1.82) is 0 Å². The highest BCUT2D eigenvalue weighted by atomic mass is 79.9. The number of nitrogens with zero attached hydrogens (tertiary/aromatic N) is 1. The third kappa shape index (κ3) is 4.39. The third-order valence-electron chi connectivity index (χ3n) is 3.29. The summed E-state index contributed by atoms with van der Waals surface area (Å²) in [6.07, 6.45) is 0. The Morgan fingerprint density at radius 3 is 2.36 bits per heavy atom. The van der Waals surface area contributed by atoms with Gasteiger partial charge in [0.2, 0.25) is 0 Å². The minimum Gasteiger partial charge on any atom is -0.331 e. The van der Waals surface area contributed by atoms with Crippen molar-refractivity contribution in [2.24, 2.45) is 5.10 Å². The first-order valence-corrected chi connectivity index (χ1v) is 8.11. The van der Waals surface area contributed by atoms with Crippen molar-refractivity contribution in [3.05, 3.63) is 63.6 Å². The largest absolute Gasteiger partial charge is 0.331 e. The lowest BCUT2D eigenvalue weighted by molar-refractivity contribution is 1.04. The van der Waals surface area contributed by atoms with Crippen molar-refractivity contribution in [2.45, 2.75) is 20.8 Å². The number of hydrazone groups is 1. The van der Waals surface area contributed by atoms with E-state index in [0.29, 0.717) is 5.11 Å². The zero-order valence-corrected chi connectivity index (χ0v) is 15.2. The minimum atomic E-state index is 0.478. The minimum absolute atomic E-state index is 0.478. The second-order valence-corrected chi connectivity index (χ2v) is 6.36. The van der Waals surface area contributed by atoms with Crippen LogP contribution >= 0.6 is 28.1 Å². The van der Waals surface area contributed by atoms with E-state index in [-0.39, 0.29) is 0 Å². The van der Waals surface area contributed by atoms with E-state index in [9.17, 15) is 0 Å². The molecule has 2 N–H and O–H groups in total. The molecule has 0 fully saturated rings. The van der Waals surface area contributed by atoms with E-state index in [4.69, 9.17) is 12.2 Å². The molecule has 114 valence electrons. The van der Waals surface area contributed by atoms with Crippen molar-refractivity contribution < 1.29 is 0 Å². The number of benzene rings is 2. The van der Waals surface area contributed by atoms with Crippen LogP contribution in [0.2, 0.25) is 0 Å². The molecule has 0 spiro atoms. The summed E-state index contributed by atoms with van der Waals surface area (Å²) >= 11 is 8.77. The summed E-state index contributed by atoms with van der Waals surface area (Å²) in [5, 5.41) is 8.01. The average Bonchev–Trinajstić information content (AvgIpc) is 2.48. The van der Waals surface area contributed by atoms with Crippen LogP contribution in [0, 0.1) is 13.8 Å². The number of anilines is 1. The highest BCUT2D eigenvalue weighted by Crippen LogP contribution is 2.19. The molecule has 0 amide bonds. The molecule has 2 rings (SSSR count). The van der Waals surface area contributed by atoms with E-state index in [2.05, 4.69) is 31.8 Å². The number of aryl methyl sites for hydroxylation is 2.